The quantitative estimate of drug-likeness (QED) is 0.686. The molecule has 0 fully saturated rings. The number of aromatic nitrogens is 1. The third-order valence-electron chi connectivity index (χ3n) is 4.20. The number of fused-ring (bicyclic) bond motifs is 4. The molecule has 0 unspecified atom stereocenters. The Labute approximate surface area is 121 Å². The van der Waals surface area contributed by atoms with Gasteiger partial charge in [0.15, 0.2) is 5.78 Å². The lowest BCUT2D eigenvalue weighted by molar-refractivity contribution is 0.0871. The molecule has 0 amide bonds. The zero-order valence-electron chi connectivity index (χ0n) is 11.5. The zero-order valence-corrected chi connectivity index (χ0v) is 11.5. The number of benzene rings is 2. The van der Waals surface area contributed by atoms with Crippen LogP contribution in [0.5, 0.6) is 0 Å². The number of rotatable bonds is 0. The maximum Gasteiger partial charge on any atom is 0.195 e. The minimum Gasteiger partial charge on any atom is -0.381 e. The molecule has 0 bridgehead atoms. The van der Waals surface area contributed by atoms with Gasteiger partial charge in [-0.15, -0.1) is 0 Å². The molecule has 1 atom stereocenters. The van der Waals surface area contributed by atoms with Crippen molar-refractivity contribution in [1.29, 1.82) is 0 Å². The molecule has 21 heavy (non-hydrogen) atoms. The Morgan fingerprint density at radius 2 is 1.71 bits per heavy atom. The van der Waals surface area contributed by atoms with Crippen LogP contribution in [0.1, 0.15) is 34.0 Å². The fourth-order valence-corrected chi connectivity index (χ4v) is 3.22. The van der Waals surface area contributed by atoms with Crippen molar-refractivity contribution in [3.05, 3.63) is 77.0 Å². The number of carbonyl (C=O) groups is 1. The van der Waals surface area contributed by atoms with Gasteiger partial charge in [0.25, 0.3) is 0 Å². The lowest BCUT2D eigenvalue weighted by atomic mass is 9.74. The van der Waals surface area contributed by atoms with Crippen molar-refractivity contribution in [2.75, 3.05) is 0 Å². The first kappa shape index (κ1) is 12.2. The molecule has 1 aromatic heterocycles. The van der Waals surface area contributed by atoms with Crippen LogP contribution in [0.15, 0.2) is 54.7 Å². The third-order valence-corrected chi connectivity index (χ3v) is 4.20. The van der Waals surface area contributed by atoms with Gasteiger partial charge in [-0.1, -0.05) is 42.5 Å². The van der Waals surface area contributed by atoms with Gasteiger partial charge in [-0.3, -0.25) is 9.78 Å². The summed E-state index contributed by atoms with van der Waals surface area (Å²) in [4.78, 5) is 17.0. The normalized spacial score (nSPS) is 20.2. The second-order valence-corrected chi connectivity index (χ2v) is 5.51. The number of pyridine rings is 1. The van der Waals surface area contributed by atoms with Gasteiger partial charge < -0.3 is 5.11 Å². The van der Waals surface area contributed by atoms with Crippen LogP contribution >= 0.6 is 0 Å². The van der Waals surface area contributed by atoms with E-state index >= 15 is 0 Å². The summed E-state index contributed by atoms with van der Waals surface area (Å²) in [5.74, 6) is -0.0784. The van der Waals surface area contributed by atoms with Crippen molar-refractivity contribution >= 4 is 16.7 Å². The van der Waals surface area contributed by atoms with Crippen molar-refractivity contribution < 1.29 is 9.90 Å². The minimum absolute atomic E-state index is 0.0784. The summed E-state index contributed by atoms with van der Waals surface area (Å²) in [6.07, 6.45) is 1.57. The van der Waals surface area contributed by atoms with Gasteiger partial charge >= 0.3 is 0 Å². The van der Waals surface area contributed by atoms with E-state index in [1.54, 1.807) is 19.2 Å². The predicted octanol–water partition coefficient (Wildman–Crippen LogP) is 3.04. The molecule has 4 rings (SSSR count). The van der Waals surface area contributed by atoms with Gasteiger partial charge in [0.1, 0.15) is 5.60 Å². The zero-order chi connectivity index (χ0) is 14.6. The van der Waals surface area contributed by atoms with Gasteiger partial charge in [-0.2, -0.15) is 0 Å². The first-order valence-corrected chi connectivity index (χ1v) is 6.85. The molecule has 1 aliphatic carbocycles. The van der Waals surface area contributed by atoms with Crippen molar-refractivity contribution in [3.63, 3.8) is 0 Å². The van der Waals surface area contributed by atoms with Crippen LogP contribution in [0, 0.1) is 0 Å². The van der Waals surface area contributed by atoms with Crippen LogP contribution in [0.3, 0.4) is 0 Å². The van der Waals surface area contributed by atoms with Gasteiger partial charge in [0.2, 0.25) is 0 Å². The molecular weight excluding hydrogens is 262 g/mol. The number of aliphatic hydroxyl groups is 1. The molecule has 0 spiro atoms. The number of para-hydroxylation sites is 1. The molecule has 1 heterocycles. The van der Waals surface area contributed by atoms with Crippen LogP contribution in [0.4, 0.5) is 0 Å². The average Bonchev–Trinajstić information content (AvgIpc) is 2.52. The molecule has 3 heteroatoms. The highest BCUT2D eigenvalue weighted by atomic mass is 16.3. The highest BCUT2D eigenvalue weighted by Crippen LogP contribution is 2.42. The summed E-state index contributed by atoms with van der Waals surface area (Å²) in [5, 5.41) is 11.9. The molecule has 0 saturated heterocycles. The summed E-state index contributed by atoms with van der Waals surface area (Å²) in [7, 11) is 0. The maximum absolute atomic E-state index is 12.7. The molecule has 1 N–H and O–H groups in total. The molecule has 102 valence electrons. The molecule has 0 radical (unpaired) electrons. The predicted molar refractivity (Wildman–Crippen MR) is 80.3 cm³/mol. The molecule has 2 aromatic carbocycles. The Kier molecular flexibility index (Phi) is 2.33. The highest BCUT2D eigenvalue weighted by molar-refractivity contribution is 6.15. The first-order valence-electron chi connectivity index (χ1n) is 6.85. The number of carbonyl (C=O) groups excluding carboxylic acids is 1. The lowest BCUT2D eigenvalue weighted by Crippen LogP contribution is -2.33. The minimum atomic E-state index is -1.21. The first-order chi connectivity index (χ1) is 10.1. The molecule has 0 saturated carbocycles. The second kappa shape index (κ2) is 3.99. The number of nitrogens with zero attached hydrogens (tertiary/aromatic N) is 1. The summed E-state index contributed by atoms with van der Waals surface area (Å²) >= 11 is 0. The van der Waals surface area contributed by atoms with E-state index in [0.29, 0.717) is 22.3 Å². The van der Waals surface area contributed by atoms with Crippen LogP contribution < -0.4 is 0 Å². The average molecular weight is 275 g/mol. The highest BCUT2D eigenvalue weighted by Gasteiger charge is 2.39. The van der Waals surface area contributed by atoms with Crippen LogP contribution in [-0.4, -0.2) is 15.9 Å². The second-order valence-electron chi connectivity index (χ2n) is 5.51. The van der Waals surface area contributed by atoms with Gasteiger partial charge in [-0.25, -0.2) is 0 Å². The van der Waals surface area contributed by atoms with E-state index in [1.165, 1.54) is 0 Å². The van der Waals surface area contributed by atoms with Crippen LogP contribution in [0.2, 0.25) is 0 Å². The molecule has 3 aromatic rings. The van der Waals surface area contributed by atoms with E-state index in [1.807, 2.05) is 42.5 Å². The standard InChI is InChI=1S/C18H13NO2/c1-18(21)14-8-4-2-6-11(14)17(20)13-10-19-15-9-5-3-7-12(15)16(13)18/h2-10,21H,1H3/t18-/m0/s1. The van der Waals surface area contributed by atoms with E-state index in [2.05, 4.69) is 4.98 Å². The van der Waals surface area contributed by atoms with E-state index in [4.69, 9.17) is 0 Å². The summed E-state index contributed by atoms with van der Waals surface area (Å²) in [5.41, 5.74) is 1.91. The van der Waals surface area contributed by atoms with E-state index < -0.39 is 5.60 Å². The van der Waals surface area contributed by atoms with Gasteiger partial charge in [0.05, 0.1) is 5.52 Å². The van der Waals surface area contributed by atoms with Gasteiger partial charge in [0, 0.05) is 28.3 Å². The Bertz CT molecular complexity index is 897. The molecule has 1 aliphatic rings. The Hall–Kier alpha value is -2.52. The smallest absolute Gasteiger partial charge is 0.195 e. The summed E-state index contributed by atoms with van der Waals surface area (Å²) in [6.45, 7) is 1.74. The third kappa shape index (κ3) is 1.52. The fraction of sp³-hybridized carbons (Fsp3) is 0.111. The maximum atomic E-state index is 12.7. The van der Waals surface area contributed by atoms with E-state index in [9.17, 15) is 9.90 Å². The SMILES string of the molecule is C[C@]1(O)c2ccccc2C(=O)c2cnc3ccccc3c21. The topological polar surface area (TPSA) is 50.2 Å². The summed E-state index contributed by atoms with van der Waals surface area (Å²) in [6, 6.07) is 14.8. The molecule has 3 nitrogen and oxygen atoms in total. The molecule has 0 aliphatic heterocycles. The Morgan fingerprint density at radius 3 is 2.57 bits per heavy atom. The van der Waals surface area contributed by atoms with Crippen LogP contribution in [-0.2, 0) is 5.60 Å². The number of hydrogen-bond acceptors (Lipinski definition) is 3. The number of hydrogen-bond donors (Lipinski definition) is 1. The Balaban J connectivity index is 2.17. The van der Waals surface area contributed by atoms with E-state index in [0.717, 1.165) is 10.9 Å². The lowest BCUT2D eigenvalue weighted by Gasteiger charge is -2.33. The van der Waals surface area contributed by atoms with E-state index in [-0.39, 0.29) is 5.78 Å². The largest absolute Gasteiger partial charge is 0.381 e. The molecular formula is C18H13NO2. The summed E-state index contributed by atoms with van der Waals surface area (Å²) < 4.78 is 0. The van der Waals surface area contributed by atoms with Crippen molar-refractivity contribution in [1.82, 2.24) is 4.98 Å². The fourth-order valence-electron chi connectivity index (χ4n) is 3.22. The number of ketones is 1. The van der Waals surface area contributed by atoms with Gasteiger partial charge in [-0.05, 0) is 18.6 Å². The van der Waals surface area contributed by atoms with Crippen LogP contribution in [0.25, 0.3) is 10.9 Å². The van der Waals surface area contributed by atoms with Crippen molar-refractivity contribution in [2.24, 2.45) is 0 Å². The monoisotopic (exact) mass is 275 g/mol. The Morgan fingerprint density at radius 1 is 1.00 bits per heavy atom. The van der Waals surface area contributed by atoms with Crippen molar-refractivity contribution in [3.8, 4) is 0 Å². The van der Waals surface area contributed by atoms with Crippen molar-refractivity contribution in [2.45, 2.75) is 12.5 Å².